The Labute approximate surface area is 104 Å². The van der Waals surface area contributed by atoms with Crippen LogP contribution in [0.1, 0.15) is 0 Å². The van der Waals surface area contributed by atoms with E-state index in [0.717, 1.165) is 16.4 Å². The van der Waals surface area contributed by atoms with Crippen molar-refractivity contribution >= 4 is 32.6 Å². The van der Waals surface area contributed by atoms with Crippen LogP contribution in [0.15, 0.2) is 60.9 Å². The fraction of sp³-hybridized carbons (Fsp3) is 0. The number of nitrogens with zero attached hydrogens (tertiary/aromatic N) is 2. The lowest BCUT2D eigenvalue weighted by Gasteiger charge is -2.04. The topological polar surface area (TPSA) is 25.8 Å². The summed E-state index contributed by atoms with van der Waals surface area (Å²) in [4.78, 5) is 8.92. The Kier molecular flexibility index (Phi) is 1.86. The van der Waals surface area contributed by atoms with Crippen LogP contribution in [0.5, 0.6) is 0 Å². The molecule has 2 aromatic carbocycles. The third-order valence-electron chi connectivity index (χ3n) is 3.32. The van der Waals surface area contributed by atoms with Crippen molar-refractivity contribution in [3.63, 3.8) is 0 Å². The molecule has 0 aliphatic carbocycles. The summed E-state index contributed by atoms with van der Waals surface area (Å²) in [5.74, 6) is 0. The summed E-state index contributed by atoms with van der Waals surface area (Å²) in [5.41, 5.74) is 2.06. The Balaban J connectivity index is 2.27. The molecular formula is C16H10N2. The lowest BCUT2D eigenvalue weighted by Crippen LogP contribution is -1.84. The average molecular weight is 230 g/mol. The molecule has 2 heteroatoms. The Morgan fingerprint density at radius 1 is 0.722 bits per heavy atom. The number of hydrogen-bond acceptors (Lipinski definition) is 2. The number of hydrogen-bond donors (Lipinski definition) is 0. The van der Waals surface area contributed by atoms with Crippen molar-refractivity contribution in [3.05, 3.63) is 60.9 Å². The van der Waals surface area contributed by atoms with Gasteiger partial charge >= 0.3 is 0 Å². The van der Waals surface area contributed by atoms with E-state index in [1.54, 1.807) is 0 Å². The summed E-state index contributed by atoms with van der Waals surface area (Å²) >= 11 is 0. The maximum Gasteiger partial charge on any atom is 0.0716 e. The van der Waals surface area contributed by atoms with Gasteiger partial charge in [0.2, 0.25) is 0 Å². The van der Waals surface area contributed by atoms with E-state index in [9.17, 15) is 0 Å². The van der Waals surface area contributed by atoms with Crippen LogP contribution in [0.2, 0.25) is 0 Å². The first-order valence-corrected chi connectivity index (χ1v) is 5.94. The summed E-state index contributed by atoms with van der Waals surface area (Å²) in [6.45, 7) is 0. The van der Waals surface area contributed by atoms with Crippen molar-refractivity contribution in [3.8, 4) is 0 Å². The molecule has 0 aliphatic heterocycles. The average Bonchev–Trinajstić information content (AvgIpc) is 2.45. The molecule has 0 amide bonds. The molecule has 2 nitrogen and oxygen atoms in total. The molecule has 0 fully saturated rings. The van der Waals surface area contributed by atoms with E-state index in [-0.39, 0.29) is 0 Å². The molecule has 4 rings (SSSR count). The minimum atomic E-state index is 1.02. The van der Waals surface area contributed by atoms with Crippen LogP contribution in [0.4, 0.5) is 0 Å². The van der Waals surface area contributed by atoms with Gasteiger partial charge in [-0.1, -0.05) is 24.3 Å². The van der Waals surface area contributed by atoms with Gasteiger partial charge in [-0.25, -0.2) is 4.98 Å². The fourth-order valence-corrected chi connectivity index (χ4v) is 2.42. The molecule has 2 heterocycles. The van der Waals surface area contributed by atoms with Gasteiger partial charge in [0.15, 0.2) is 0 Å². The number of pyridine rings is 2. The fourth-order valence-electron chi connectivity index (χ4n) is 2.42. The van der Waals surface area contributed by atoms with Gasteiger partial charge in [0.05, 0.1) is 11.0 Å². The minimum Gasteiger partial charge on any atom is -0.264 e. The third-order valence-corrected chi connectivity index (χ3v) is 3.32. The second-order valence-electron chi connectivity index (χ2n) is 4.41. The van der Waals surface area contributed by atoms with Crippen LogP contribution in [0.25, 0.3) is 32.6 Å². The Morgan fingerprint density at radius 3 is 2.67 bits per heavy atom. The summed E-state index contributed by atoms with van der Waals surface area (Å²) in [5, 5.41) is 4.70. The van der Waals surface area contributed by atoms with Gasteiger partial charge in [0, 0.05) is 28.6 Å². The van der Waals surface area contributed by atoms with E-state index in [0.29, 0.717) is 0 Å². The Bertz CT molecular complexity index is 875. The molecule has 0 spiro atoms. The molecule has 0 aliphatic rings. The van der Waals surface area contributed by atoms with Gasteiger partial charge in [-0.3, -0.25) is 4.98 Å². The largest absolute Gasteiger partial charge is 0.264 e. The number of rotatable bonds is 0. The molecule has 4 aromatic rings. The van der Waals surface area contributed by atoms with Gasteiger partial charge in [-0.15, -0.1) is 0 Å². The number of fused-ring (bicyclic) bond motifs is 4. The van der Waals surface area contributed by atoms with Gasteiger partial charge in [0.1, 0.15) is 0 Å². The molecule has 0 saturated carbocycles. The number of benzene rings is 2. The first-order chi connectivity index (χ1) is 8.92. The van der Waals surface area contributed by atoms with Gasteiger partial charge < -0.3 is 0 Å². The monoisotopic (exact) mass is 230 g/mol. The molecule has 0 radical (unpaired) electrons. The molecule has 84 valence electrons. The summed E-state index contributed by atoms with van der Waals surface area (Å²) in [6.07, 6.45) is 3.73. The number of aromatic nitrogens is 2. The maximum absolute atomic E-state index is 4.70. The summed E-state index contributed by atoms with van der Waals surface area (Å²) < 4.78 is 0. The second kappa shape index (κ2) is 3.50. The van der Waals surface area contributed by atoms with Crippen molar-refractivity contribution in [1.29, 1.82) is 0 Å². The Hall–Kier alpha value is -2.48. The highest BCUT2D eigenvalue weighted by atomic mass is 14.7. The molecule has 0 bridgehead atoms. The van der Waals surface area contributed by atoms with E-state index in [1.165, 1.54) is 16.2 Å². The first kappa shape index (κ1) is 9.54. The van der Waals surface area contributed by atoms with Crippen molar-refractivity contribution in [1.82, 2.24) is 9.97 Å². The van der Waals surface area contributed by atoms with Crippen LogP contribution in [-0.4, -0.2) is 9.97 Å². The van der Waals surface area contributed by atoms with Crippen LogP contribution < -0.4 is 0 Å². The van der Waals surface area contributed by atoms with E-state index >= 15 is 0 Å². The molecule has 0 unspecified atom stereocenters. The molecule has 2 aromatic heterocycles. The van der Waals surface area contributed by atoms with Crippen LogP contribution >= 0.6 is 0 Å². The predicted molar refractivity (Wildman–Crippen MR) is 74.6 cm³/mol. The summed E-state index contributed by atoms with van der Waals surface area (Å²) in [6, 6.07) is 16.6. The van der Waals surface area contributed by atoms with E-state index in [1.807, 2.05) is 36.7 Å². The lowest BCUT2D eigenvalue weighted by atomic mass is 10.1. The second-order valence-corrected chi connectivity index (χ2v) is 4.41. The highest BCUT2D eigenvalue weighted by molar-refractivity contribution is 6.09. The van der Waals surface area contributed by atoms with E-state index in [4.69, 9.17) is 4.98 Å². The molecular weight excluding hydrogens is 220 g/mol. The molecule has 18 heavy (non-hydrogen) atoms. The van der Waals surface area contributed by atoms with E-state index in [2.05, 4.69) is 29.2 Å². The smallest absolute Gasteiger partial charge is 0.0716 e. The van der Waals surface area contributed by atoms with Crippen molar-refractivity contribution in [2.24, 2.45) is 0 Å². The molecule has 0 saturated heterocycles. The summed E-state index contributed by atoms with van der Waals surface area (Å²) in [7, 11) is 0. The predicted octanol–water partition coefficient (Wildman–Crippen LogP) is 3.94. The van der Waals surface area contributed by atoms with E-state index < -0.39 is 0 Å². The third kappa shape index (κ3) is 1.29. The lowest BCUT2D eigenvalue weighted by molar-refractivity contribution is 1.37. The zero-order chi connectivity index (χ0) is 11.9. The highest BCUT2D eigenvalue weighted by Gasteiger charge is 2.03. The highest BCUT2D eigenvalue weighted by Crippen LogP contribution is 2.26. The normalized spacial score (nSPS) is 11.3. The quantitative estimate of drug-likeness (QED) is 0.338. The van der Waals surface area contributed by atoms with Crippen LogP contribution in [0, 0.1) is 0 Å². The maximum atomic E-state index is 4.70. The molecule has 0 atom stereocenters. The standard InChI is InChI=1S/C16H10N2/c1-2-4-15-12(3-1)9-13-14-10-17-8-7-11(14)5-6-16(13)18-15/h1-10H. The zero-order valence-electron chi connectivity index (χ0n) is 9.67. The Morgan fingerprint density at radius 2 is 1.67 bits per heavy atom. The van der Waals surface area contributed by atoms with Gasteiger partial charge in [0.25, 0.3) is 0 Å². The van der Waals surface area contributed by atoms with Crippen LogP contribution in [0.3, 0.4) is 0 Å². The van der Waals surface area contributed by atoms with Crippen molar-refractivity contribution in [2.45, 2.75) is 0 Å². The minimum absolute atomic E-state index is 1.02. The SMILES string of the molecule is c1ccc2nc3ccc4ccncc4c3cc2c1. The van der Waals surface area contributed by atoms with Crippen molar-refractivity contribution in [2.75, 3.05) is 0 Å². The molecule has 0 N–H and O–H groups in total. The van der Waals surface area contributed by atoms with Crippen molar-refractivity contribution < 1.29 is 0 Å². The van der Waals surface area contributed by atoms with Gasteiger partial charge in [-0.2, -0.15) is 0 Å². The van der Waals surface area contributed by atoms with Gasteiger partial charge in [-0.05, 0) is 29.7 Å². The number of para-hydroxylation sites is 1. The van der Waals surface area contributed by atoms with Crippen LogP contribution in [-0.2, 0) is 0 Å². The zero-order valence-corrected chi connectivity index (χ0v) is 9.67. The first-order valence-electron chi connectivity index (χ1n) is 5.94.